The van der Waals surface area contributed by atoms with E-state index in [2.05, 4.69) is 5.32 Å². The summed E-state index contributed by atoms with van der Waals surface area (Å²) in [5.41, 5.74) is 0.303. The fourth-order valence-corrected chi connectivity index (χ4v) is 1.76. The molecular formula is C14H17NO3S. The van der Waals surface area contributed by atoms with Gasteiger partial charge in [0.2, 0.25) is 5.91 Å². The predicted octanol–water partition coefficient (Wildman–Crippen LogP) is 3.36. The van der Waals surface area contributed by atoms with Crippen LogP contribution in [0, 0.1) is 5.41 Å². The van der Waals surface area contributed by atoms with Crippen molar-refractivity contribution in [1.82, 2.24) is 0 Å². The number of fused-ring (bicyclic) bond motifs is 1. The van der Waals surface area contributed by atoms with E-state index in [9.17, 15) is 9.59 Å². The van der Waals surface area contributed by atoms with Crippen molar-refractivity contribution in [3.8, 4) is 0 Å². The topological polar surface area (TPSA) is 66.4 Å². The van der Waals surface area contributed by atoms with Crippen molar-refractivity contribution in [1.29, 1.82) is 0 Å². The molecule has 1 aromatic carbocycles. The molecule has 4 nitrogen and oxygen atoms in total. The Hall–Kier alpha value is -1.75. The summed E-state index contributed by atoms with van der Waals surface area (Å²) < 4.78 is 0. The van der Waals surface area contributed by atoms with Crippen LogP contribution in [0.25, 0.3) is 0 Å². The number of anilines is 1. The number of thioether (sulfide) groups is 1. The molecule has 1 aliphatic heterocycles. The molecule has 0 atom stereocenters. The number of aliphatic carboxylic acids is 1. The normalized spacial score (nSPS) is 13.5. The number of hydrogen-bond acceptors (Lipinski definition) is 3. The molecule has 1 aromatic rings. The highest BCUT2D eigenvalue weighted by Gasteiger charge is 2.18. The molecule has 2 rings (SSSR count). The first-order valence-corrected chi connectivity index (χ1v) is 6.65. The van der Waals surface area contributed by atoms with Gasteiger partial charge in [-0.1, -0.05) is 23.9 Å². The van der Waals surface area contributed by atoms with Gasteiger partial charge in [0.05, 0.1) is 11.1 Å². The molecule has 0 saturated heterocycles. The Balaban J connectivity index is 0.000000224. The summed E-state index contributed by atoms with van der Waals surface area (Å²) in [5.74, 6) is -0.819. The molecule has 1 heterocycles. The van der Waals surface area contributed by atoms with Crippen molar-refractivity contribution in [2.45, 2.75) is 25.7 Å². The molecule has 0 saturated carbocycles. The molecule has 0 bridgehead atoms. The molecule has 0 radical (unpaired) electrons. The quantitative estimate of drug-likeness (QED) is 0.764. The van der Waals surface area contributed by atoms with Gasteiger partial charge in [0.1, 0.15) is 0 Å². The molecule has 5 heteroatoms. The zero-order valence-electron chi connectivity index (χ0n) is 11.1. The highest BCUT2D eigenvalue weighted by atomic mass is 32.2. The van der Waals surface area contributed by atoms with Crippen molar-refractivity contribution in [3.63, 3.8) is 0 Å². The Morgan fingerprint density at radius 3 is 2.42 bits per heavy atom. The van der Waals surface area contributed by atoms with E-state index in [0.29, 0.717) is 0 Å². The van der Waals surface area contributed by atoms with Gasteiger partial charge in [0, 0.05) is 11.0 Å². The van der Waals surface area contributed by atoms with Gasteiger partial charge in [-0.15, -0.1) is 0 Å². The van der Waals surface area contributed by atoms with Crippen molar-refractivity contribution < 1.29 is 14.7 Å². The van der Waals surface area contributed by atoms with E-state index in [4.69, 9.17) is 5.11 Å². The maximum absolute atomic E-state index is 11.0. The highest BCUT2D eigenvalue weighted by molar-refractivity contribution is 8.02. The third kappa shape index (κ3) is 5.18. The van der Waals surface area contributed by atoms with Gasteiger partial charge in [0.15, 0.2) is 0 Å². The van der Waals surface area contributed by atoms with Gasteiger partial charge in [0.25, 0.3) is 0 Å². The van der Waals surface area contributed by atoms with E-state index in [1.165, 1.54) is 6.08 Å². The third-order valence-electron chi connectivity index (χ3n) is 2.20. The van der Waals surface area contributed by atoms with Crippen LogP contribution in [0.15, 0.2) is 40.6 Å². The lowest BCUT2D eigenvalue weighted by atomic mass is 9.98. The number of carboxylic acids is 1. The maximum Gasteiger partial charge on any atom is 0.308 e. The van der Waals surface area contributed by atoms with Crippen LogP contribution in [0.2, 0.25) is 0 Å². The van der Waals surface area contributed by atoms with Crippen LogP contribution in [0.4, 0.5) is 5.69 Å². The molecule has 0 aliphatic carbocycles. The van der Waals surface area contributed by atoms with Crippen LogP contribution in [-0.4, -0.2) is 17.0 Å². The summed E-state index contributed by atoms with van der Waals surface area (Å²) in [5, 5.41) is 12.8. The van der Waals surface area contributed by atoms with Gasteiger partial charge < -0.3 is 10.4 Å². The Morgan fingerprint density at radius 2 is 1.84 bits per heavy atom. The summed E-state index contributed by atoms with van der Waals surface area (Å²) >= 11 is 1.55. The van der Waals surface area contributed by atoms with Crippen LogP contribution in [-0.2, 0) is 9.59 Å². The fourth-order valence-electron chi connectivity index (χ4n) is 1.02. The number of para-hydroxylation sites is 1. The first-order valence-electron chi connectivity index (χ1n) is 5.77. The highest BCUT2D eigenvalue weighted by Crippen LogP contribution is 2.29. The van der Waals surface area contributed by atoms with Crippen LogP contribution in [0.1, 0.15) is 20.8 Å². The number of hydrogen-bond donors (Lipinski definition) is 2. The Kier molecular flexibility index (Phi) is 5.18. The van der Waals surface area contributed by atoms with E-state index >= 15 is 0 Å². The lowest BCUT2D eigenvalue weighted by Crippen LogP contribution is -2.18. The predicted molar refractivity (Wildman–Crippen MR) is 77.2 cm³/mol. The van der Waals surface area contributed by atoms with Crippen LogP contribution in [0.5, 0.6) is 0 Å². The van der Waals surface area contributed by atoms with E-state index in [-0.39, 0.29) is 5.91 Å². The molecular weight excluding hydrogens is 262 g/mol. The SMILES string of the molecule is CC(C)(C)C(=O)O.O=C1C=CSc2ccccc2N1. The van der Waals surface area contributed by atoms with Gasteiger partial charge in [-0.05, 0) is 38.3 Å². The van der Waals surface area contributed by atoms with Crippen molar-refractivity contribution in [2.75, 3.05) is 5.32 Å². The molecule has 102 valence electrons. The lowest BCUT2D eigenvalue weighted by Gasteiger charge is -2.08. The molecule has 0 unspecified atom stereocenters. The van der Waals surface area contributed by atoms with Crippen LogP contribution in [0.3, 0.4) is 0 Å². The first-order chi connectivity index (χ1) is 8.80. The lowest BCUT2D eigenvalue weighted by molar-refractivity contribution is -0.145. The molecule has 0 fully saturated rings. The maximum atomic E-state index is 11.0. The zero-order valence-corrected chi connectivity index (χ0v) is 12.0. The van der Waals surface area contributed by atoms with Gasteiger partial charge >= 0.3 is 5.97 Å². The minimum Gasteiger partial charge on any atom is -0.481 e. The molecule has 0 spiro atoms. The van der Waals surface area contributed by atoms with Gasteiger partial charge in [-0.25, -0.2) is 0 Å². The summed E-state index contributed by atoms with van der Waals surface area (Å²) in [6.45, 7) is 4.99. The van der Waals surface area contributed by atoms with E-state index in [1.807, 2.05) is 24.3 Å². The van der Waals surface area contributed by atoms with Crippen molar-refractivity contribution in [2.24, 2.45) is 5.41 Å². The number of carbonyl (C=O) groups is 2. The number of rotatable bonds is 0. The van der Waals surface area contributed by atoms with Crippen LogP contribution >= 0.6 is 11.8 Å². The Bertz CT molecular complexity index is 504. The van der Waals surface area contributed by atoms with Gasteiger partial charge in [-0.2, -0.15) is 0 Å². The van der Waals surface area contributed by atoms with Crippen molar-refractivity contribution >= 4 is 29.3 Å². The molecule has 0 aromatic heterocycles. The summed E-state index contributed by atoms with van der Waals surface area (Å²) in [6.07, 6.45) is 1.53. The molecule has 2 N–H and O–H groups in total. The number of amides is 1. The number of carbonyl (C=O) groups excluding carboxylic acids is 1. The van der Waals surface area contributed by atoms with E-state index in [1.54, 1.807) is 37.9 Å². The summed E-state index contributed by atoms with van der Waals surface area (Å²) in [6, 6.07) is 7.74. The number of carboxylic acid groups (broad SMARTS) is 1. The summed E-state index contributed by atoms with van der Waals surface area (Å²) in [7, 11) is 0. The van der Waals surface area contributed by atoms with Crippen molar-refractivity contribution in [3.05, 3.63) is 35.7 Å². The monoisotopic (exact) mass is 279 g/mol. The summed E-state index contributed by atoms with van der Waals surface area (Å²) in [4.78, 5) is 22.1. The second kappa shape index (κ2) is 6.43. The zero-order chi connectivity index (χ0) is 14.5. The largest absolute Gasteiger partial charge is 0.481 e. The van der Waals surface area contributed by atoms with E-state index < -0.39 is 11.4 Å². The molecule has 1 aliphatic rings. The number of nitrogens with one attached hydrogen (secondary N) is 1. The third-order valence-corrected chi connectivity index (χ3v) is 3.08. The molecule has 1 amide bonds. The average molecular weight is 279 g/mol. The second-order valence-corrected chi connectivity index (χ2v) is 5.91. The van der Waals surface area contributed by atoms with Crippen LogP contribution < -0.4 is 5.32 Å². The minimum atomic E-state index is -0.757. The smallest absolute Gasteiger partial charge is 0.308 e. The molecule has 19 heavy (non-hydrogen) atoms. The van der Waals surface area contributed by atoms with E-state index in [0.717, 1.165) is 10.6 Å². The first kappa shape index (κ1) is 15.3. The Labute approximate surface area is 116 Å². The average Bonchev–Trinajstić information content (AvgIpc) is 2.49. The van der Waals surface area contributed by atoms with Gasteiger partial charge in [-0.3, -0.25) is 9.59 Å². The standard InChI is InChI=1S/C9H7NOS.C5H10O2/c11-9-5-6-12-8-4-2-1-3-7(8)10-9;1-5(2,3)4(6)7/h1-6H,(H,10,11);1-3H3,(H,6,7). The Morgan fingerprint density at radius 1 is 1.26 bits per heavy atom. The fraction of sp³-hybridized carbons (Fsp3) is 0.286. The minimum absolute atomic E-state index is 0.0625. The number of benzene rings is 1. The second-order valence-electron chi connectivity index (χ2n) is 4.96.